The standard InChI is InChI=1S/C27H24ClNO6/c1-33-24-13-20(22(14-25(24)34-2)29-26(31)19-8-3-4-9-21(19)28)27(32)35-15-23(30)18-11-10-16-6-5-7-17(16)12-18/h3-4,8-14H,5-7,15H2,1-2H3,(H,29,31). The van der Waals surface area contributed by atoms with Crippen LogP contribution in [0.4, 0.5) is 5.69 Å². The predicted molar refractivity (Wildman–Crippen MR) is 132 cm³/mol. The van der Waals surface area contributed by atoms with E-state index in [0.717, 1.165) is 24.8 Å². The summed E-state index contributed by atoms with van der Waals surface area (Å²) in [5, 5.41) is 2.94. The van der Waals surface area contributed by atoms with Crippen molar-refractivity contribution in [1.29, 1.82) is 0 Å². The summed E-state index contributed by atoms with van der Waals surface area (Å²) in [7, 11) is 2.86. The van der Waals surface area contributed by atoms with Gasteiger partial charge in [-0.2, -0.15) is 0 Å². The average Bonchev–Trinajstić information content (AvgIpc) is 3.35. The molecule has 1 aliphatic rings. The first-order valence-corrected chi connectivity index (χ1v) is 11.4. The van der Waals surface area contributed by atoms with Gasteiger partial charge in [-0.05, 0) is 48.6 Å². The second-order valence-corrected chi connectivity index (χ2v) is 8.43. The number of amides is 1. The number of esters is 1. The Bertz CT molecular complexity index is 1300. The zero-order chi connectivity index (χ0) is 24.9. The maximum atomic E-state index is 13.0. The lowest BCUT2D eigenvalue weighted by Crippen LogP contribution is -2.19. The number of halogens is 1. The molecule has 0 saturated carbocycles. The highest BCUT2D eigenvalue weighted by Crippen LogP contribution is 2.34. The lowest BCUT2D eigenvalue weighted by atomic mass is 10.0. The van der Waals surface area contributed by atoms with Gasteiger partial charge in [-0.25, -0.2) is 4.79 Å². The van der Waals surface area contributed by atoms with E-state index >= 15 is 0 Å². The monoisotopic (exact) mass is 493 g/mol. The summed E-state index contributed by atoms with van der Waals surface area (Å²) in [4.78, 5) is 38.5. The molecule has 180 valence electrons. The molecule has 0 fully saturated rings. The van der Waals surface area contributed by atoms with E-state index in [9.17, 15) is 14.4 Å². The summed E-state index contributed by atoms with van der Waals surface area (Å²) in [6.45, 7) is -0.441. The van der Waals surface area contributed by atoms with Crippen LogP contribution in [0.2, 0.25) is 5.02 Å². The molecule has 0 radical (unpaired) electrons. The van der Waals surface area contributed by atoms with Crippen LogP contribution in [0.1, 0.15) is 48.6 Å². The number of methoxy groups -OCH3 is 2. The third-order valence-corrected chi connectivity index (χ3v) is 6.19. The van der Waals surface area contributed by atoms with E-state index < -0.39 is 18.5 Å². The molecule has 3 aromatic carbocycles. The molecule has 0 heterocycles. The fraction of sp³-hybridized carbons (Fsp3) is 0.222. The fourth-order valence-electron chi connectivity index (χ4n) is 4.02. The molecule has 4 rings (SSSR count). The van der Waals surface area contributed by atoms with Crippen molar-refractivity contribution in [1.82, 2.24) is 0 Å². The van der Waals surface area contributed by atoms with E-state index in [4.69, 9.17) is 25.8 Å². The number of Topliss-reactive ketones (excluding diaryl/α,β-unsaturated/α-hetero) is 1. The Morgan fingerprint density at radius 1 is 0.886 bits per heavy atom. The number of rotatable bonds is 8. The lowest BCUT2D eigenvalue weighted by molar-refractivity contribution is 0.0475. The van der Waals surface area contributed by atoms with E-state index in [1.165, 1.54) is 31.9 Å². The average molecular weight is 494 g/mol. The highest BCUT2D eigenvalue weighted by molar-refractivity contribution is 6.34. The molecule has 8 heteroatoms. The molecule has 0 atom stereocenters. The van der Waals surface area contributed by atoms with Crippen molar-refractivity contribution in [2.24, 2.45) is 0 Å². The first-order chi connectivity index (χ1) is 16.9. The number of ether oxygens (including phenoxy) is 3. The van der Waals surface area contributed by atoms with Crippen LogP contribution in [-0.4, -0.2) is 38.5 Å². The van der Waals surface area contributed by atoms with E-state index in [1.54, 1.807) is 30.3 Å². The molecule has 0 unspecified atom stereocenters. The number of hydrogen-bond donors (Lipinski definition) is 1. The molecule has 0 saturated heterocycles. The van der Waals surface area contributed by atoms with Crippen molar-refractivity contribution < 1.29 is 28.6 Å². The van der Waals surface area contributed by atoms with Gasteiger partial charge in [-0.3, -0.25) is 9.59 Å². The molecule has 1 aliphatic carbocycles. The third-order valence-electron chi connectivity index (χ3n) is 5.87. The Labute approximate surface area is 208 Å². The summed E-state index contributed by atoms with van der Waals surface area (Å²) >= 11 is 6.14. The first-order valence-electron chi connectivity index (χ1n) is 11.0. The second kappa shape index (κ2) is 10.6. The minimum Gasteiger partial charge on any atom is -0.493 e. The normalized spacial score (nSPS) is 12.0. The zero-order valence-corrected chi connectivity index (χ0v) is 20.1. The van der Waals surface area contributed by atoms with Crippen molar-refractivity contribution in [3.05, 3.63) is 87.4 Å². The summed E-state index contributed by atoms with van der Waals surface area (Å²) in [5.41, 5.74) is 3.27. The number of ketones is 1. The van der Waals surface area contributed by atoms with Crippen LogP contribution in [0.25, 0.3) is 0 Å². The molecule has 0 aliphatic heterocycles. The SMILES string of the molecule is COc1cc(NC(=O)c2ccccc2Cl)c(C(=O)OCC(=O)c2ccc3c(c2)CCC3)cc1OC. The van der Waals surface area contributed by atoms with Gasteiger partial charge in [0.25, 0.3) is 5.91 Å². The van der Waals surface area contributed by atoms with Crippen LogP contribution in [0.3, 0.4) is 0 Å². The zero-order valence-electron chi connectivity index (χ0n) is 19.4. The molecule has 0 spiro atoms. The van der Waals surface area contributed by atoms with Gasteiger partial charge in [-0.15, -0.1) is 0 Å². The Kier molecular flexibility index (Phi) is 7.36. The maximum Gasteiger partial charge on any atom is 0.340 e. The van der Waals surface area contributed by atoms with Crippen molar-refractivity contribution >= 4 is 34.9 Å². The smallest absolute Gasteiger partial charge is 0.340 e. The van der Waals surface area contributed by atoms with Gasteiger partial charge in [-0.1, -0.05) is 35.9 Å². The maximum absolute atomic E-state index is 13.0. The number of fused-ring (bicyclic) bond motifs is 1. The minimum absolute atomic E-state index is 0.00445. The Balaban J connectivity index is 1.56. The number of anilines is 1. The van der Waals surface area contributed by atoms with Crippen molar-refractivity contribution in [2.75, 3.05) is 26.1 Å². The number of aryl methyl sites for hydroxylation is 2. The molecule has 7 nitrogen and oxygen atoms in total. The van der Waals surface area contributed by atoms with Crippen LogP contribution in [-0.2, 0) is 17.6 Å². The Morgan fingerprint density at radius 2 is 1.60 bits per heavy atom. The van der Waals surface area contributed by atoms with Crippen LogP contribution in [0, 0.1) is 0 Å². The van der Waals surface area contributed by atoms with Gasteiger partial charge in [0, 0.05) is 17.7 Å². The molecule has 0 bridgehead atoms. The van der Waals surface area contributed by atoms with Crippen LogP contribution in [0.5, 0.6) is 11.5 Å². The highest BCUT2D eigenvalue weighted by atomic mass is 35.5. The van der Waals surface area contributed by atoms with Gasteiger partial charge < -0.3 is 19.5 Å². The van der Waals surface area contributed by atoms with Crippen LogP contribution in [0.15, 0.2) is 54.6 Å². The van der Waals surface area contributed by atoms with Crippen molar-refractivity contribution in [2.45, 2.75) is 19.3 Å². The topological polar surface area (TPSA) is 90.9 Å². The summed E-state index contributed by atoms with van der Waals surface area (Å²) in [6.07, 6.45) is 3.03. The van der Waals surface area contributed by atoms with E-state index in [-0.39, 0.29) is 33.4 Å². The summed E-state index contributed by atoms with van der Waals surface area (Å²) < 4.78 is 15.9. The molecule has 35 heavy (non-hydrogen) atoms. The second-order valence-electron chi connectivity index (χ2n) is 8.02. The molecular weight excluding hydrogens is 470 g/mol. The lowest BCUT2D eigenvalue weighted by Gasteiger charge is -2.15. The largest absolute Gasteiger partial charge is 0.493 e. The predicted octanol–water partition coefficient (Wildman–Crippen LogP) is 5.14. The van der Waals surface area contributed by atoms with Gasteiger partial charge in [0.1, 0.15) is 0 Å². The van der Waals surface area contributed by atoms with Gasteiger partial charge >= 0.3 is 5.97 Å². The van der Waals surface area contributed by atoms with Gasteiger partial charge in [0.15, 0.2) is 23.9 Å². The first kappa shape index (κ1) is 24.3. The molecule has 0 aromatic heterocycles. The third kappa shape index (κ3) is 5.30. The minimum atomic E-state index is -0.796. The van der Waals surface area contributed by atoms with Gasteiger partial charge in [0.2, 0.25) is 0 Å². The quantitative estimate of drug-likeness (QED) is 0.345. The van der Waals surface area contributed by atoms with Gasteiger partial charge in [0.05, 0.1) is 36.1 Å². The Morgan fingerprint density at radius 3 is 2.34 bits per heavy atom. The number of benzene rings is 3. The van der Waals surface area contributed by atoms with E-state index in [0.29, 0.717) is 11.3 Å². The summed E-state index contributed by atoms with van der Waals surface area (Å²) in [6, 6.07) is 14.9. The number of hydrogen-bond acceptors (Lipinski definition) is 6. The number of carbonyl (C=O) groups is 3. The molecule has 1 amide bonds. The van der Waals surface area contributed by atoms with Crippen LogP contribution >= 0.6 is 11.6 Å². The summed E-state index contributed by atoms with van der Waals surface area (Å²) in [5.74, 6) is -1.07. The number of nitrogens with one attached hydrogen (secondary N) is 1. The van der Waals surface area contributed by atoms with Crippen LogP contribution < -0.4 is 14.8 Å². The van der Waals surface area contributed by atoms with Crippen molar-refractivity contribution in [3.8, 4) is 11.5 Å². The fourth-order valence-corrected chi connectivity index (χ4v) is 4.25. The highest BCUT2D eigenvalue weighted by Gasteiger charge is 2.22. The van der Waals surface area contributed by atoms with E-state index in [1.807, 2.05) is 12.1 Å². The number of carbonyl (C=O) groups excluding carboxylic acids is 3. The van der Waals surface area contributed by atoms with E-state index in [2.05, 4.69) is 5.32 Å². The molecule has 3 aromatic rings. The molecule has 1 N–H and O–H groups in total. The van der Waals surface area contributed by atoms with Crippen molar-refractivity contribution in [3.63, 3.8) is 0 Å². The Hall–Kier alpha value is -3.84. The molecular formula is C27H24ClNO6.